The molecule has 4 nitrogen and oxygen atoms in total. The Labute approximate surface area is 111 Å². The summed E-state index contributed by atoms with van der Waals surface area (Å²) in [6, 6.07) is 12.9. The molecule has 0 aliphatic heterocycles. The van der Waals surface area contributed by atoms with Crippen LogP contribution in [-0.2, 0) is 4.79 Å². The predicted octanol–water partition coefficient (Wildman–Crippen LogP) is 2.61. The van der Waals surface area contributed by atoms with Gasteiger partial charge in [0.05, 0.1) is 12.1 Å². The first-order chi connectivity index (χ1) is 9.19. The predicted molar refractivity (Wildman–Crippen MR) is 67.8 cm³/mol. The van der Waals surface area contributed by atoms with E-state index in [0.717, 1.165) is 5.56 Å². The van der Waals surface area contributed by atoms with Crippen molar-refractivity contribution in [1.29, 1.82) is 10.5 Å². The molecule has 0 saturated heterocycles. The SMILES string of the molecule is N#CC(C#N)[C@@H](C1=C(O)C(=O)CC1)c1ccccc1. The molecule has 0 radical (unpaired) electrons. The number of ketones is 1. The molecular formula is C15H12N2O2. The minimum absolute atomic E-state index is 0.244. The van der Waals surface area contributed by atoms with Gasteiger partial charge in [-0.2, -0.15) is 10.5 Å². The molecule has 0 fully saturated rings. The van der Waals surface area contributed by atoms with Crippen LogP contribution in [0.2, 0.25) is 0 Å². The van der Waals surface area contributed by atoms with Crippen molar-refractivity contribution in [2.45, 2.75) is 18.8 Å². The molecule has 4 heteroatoms. The second-order valence-electron chi connectivity index (χ2n) is 4.42. The zero-order valence-electron chi connectivity index (χ0n) is 10.2. The molecule has 2 rings (SSSR count). The Hall–Kier alpha value is -2.59. The minimum Gasteiger partial charge on any atom is -0.504 e. The van der Waals surface area contributed by atoms with Gasteiger partial charge in [0, 0.05) is 12.3 Å². The summed E-state index contributed by atoms with van der Waals surface area (Å²) in [5.74, 6) is -2.04. The lowest BCUT2D eigenvalue weighted by Gasteiger charge is -2.19. The van der Waals surface area contributed by atoms with Gasteiger partial charge < -0.3 is 5.11 Å². The van der Waals surface area contributed by atoms with Crippen LogP contribution in [-0.4, -0.2) is 10.9 Å². The molecule has 0 saturated carbocycles. The van der Waals surface area contributed by atoms with Crippen molar-refractivity contribution < 1.29 is 9.90 Å². The maximum Gasteiger partial charge on any atom is 0.197 e. The van der Waals surface area contributed by atoms with Crippen LogP contribution in [0.1, 0.15) is 24.3 Å². The molecule has 0 amide bonds. The highest BCUT2D eigenvalue weighted by Crippen LogP contribution is 2.39. The van der Waals surface area contributed by atoms with Crippen LogP contribution < -0.4 is 0 Å². The highest BCUT2D eigenvalue weighted by atomic mass is 16.3. The van der Waals surface area contributed by atoms with Crippen molar-refractivity contribution >= 4 is 5.78 Å². The number of hydrogen-bond acceptors (Lipinski definition) is 4. The van der Waals surface area contributed by atoms with Crippen LogP contribution in [0.25, 0.3) is 0 Å². The van der Waals surface area contributed by atoms with Crippen LogP contribution in [0.3, 0.4) is 0 Å². The lowest BCUT2D eigenvalue weighted by atomic mass is 9.81. The third kappa shape index (κ3) is 2.34. The second kappa shape index (κ2) is 5.37. The number of benzene rings is 1. The maximum absolute atomic E-state index is 11.4. The van der Waals surface area contributed by atoms with Crippen molar-refractivity contribution in [3.8, 4) is 12.1 Å². The molecule has 94 valence electrons. The molecule has 1 aliphatic carbocycles. The molecule has 1 atom stereocenters. The van der Waals surface area contributed by atoms with Crippen LogP contribution in [0.5, 0.6) is 0 Å². The lowest BCUT2D eigenvalue weighted by molar-refractivity contribution is -0.117. The zero-order valence-corrected chi connectivity index (χ0v) is 10.2. The Morgan fingerprint density at radius 3 is 2.21 bits per heavy atom. The van der Waals surface area contributed by atoms with Gasteiger partial charge in [0.15, 0.2) is 11.5 Å². The summed E-state index contributed by atoms with van der Waals surface area (Å²) in [5.41, 5.74) is 1.27. The molecule has 1 N–H and O–H groups in total. The fraction of sp³-hybridized carbons (Fsp3) is 0.267. The maximum atomic E-state index is 11.4. The molecule has 1 aliphatic rings. The van der Waals surface area contributed by atoms with E-state index >= 15 is 0 Å². The van der Waals surface area contributed by atoms with E-state index in [2.05, 4.69) is 0 Å². The molecule has 0 spiro atoms. The summed E-state index contributed by atoms with van der Waals surface area (Å²) < 4.78 is 0. The summed E-state index contributed by atoms with van der Waals surface area (Å²) >= 11 is 0. The number of Topliss-reactive ketones (excluding diaryl/α,β-unsaturated/α-hetero) is 1. The Balaban J connectivity index is 2.52. The molecule has 0 aromatic heterocycles. The molecule has 1 aromatic carbocycles. The van der Waals surface area contributed by atoms with Crippen molar-refractivity contribution in [2.24, 2.45) is 5.92 Å². The van der Waals surface area contributed by atoms with Crippen LogP contribution >= 0.6 is 0 Å². The average molecular weight is 252 g/mol. The zero-order chi connectivity index (χ0) is 13.8. The van der Waals surface area contributed by atoms with Gasteiger partial charge in [-0.1, -0.05) is 30.3 Å². The molecule has 0 unspecified atom stereocenters. The summed E-state index contributed by atoms with van der Waals surface area (Å²) in [6.45, 7) is 0. The first kappa shape index (κ1) is 12.9. The third-order valence-corrected chi connectivity index (χ3v) is 3.34. The van der Waals surface area contributed by atoms with E-state index in [1.165, 1.54) is 0 Å². The number of carbonyl (C=O) groups is 1. The second-order valence-corrected chi connectivity index (χ2v) is 4.42. The number of aliphatic hydroxyl groups is 1. The highest BCUT2D eigenvalue weighted by Gasteiger charge is 2.34. The van der Waals surface area contributed by atoms with Gasteiger partial charge in [-0.05, 0) is 17.6 Å². The third-order valence-electron chi connectivity index (χ3n) is 3.34. The average Bonchev–Trinajstić information content (AvgIpc) is 2.77. The number of allylic oxidation sites excluding steroid dienone is 2. The topological polar surface area (TPSA) is 84.9 Å². The fourth-order valence-electron chi connectivity index (χ4n) is 2.40. The van der Waals surface area contributed by atoms with E-state index in [1.54, 1.807) is 12.1 Å². The van der Waals surface area contributed by atoms with E-state index in [4.69, 9.17) is 10.5 Å². The van der Waals surface area contributed by atoms with Crippen molar-refractivity contribution in [3.05, 3.63) is 47.2 Å². The normalized spacial score (nSPS) is 16.3. The van der Waals surface area contributed by atoms with Crippen LogP contribution in [0.4, 0.5) is 0 Å². The first-order valence-corrected chi connectivity index (χ1v) is 5.98. The van der Waals surface area contributed by atoms with E-state index < -0.39 is 11.8 Å². The summed E-state index contributed by atoms with van der Waals surface area (Å²) in [6.07, 6.45) is 0.651. The molecular weight excluding hydrogens is 240 g/mol. The highest BCUT2D eigenvalue weighted by molar-refractivity contribution is 5.96. The molecule has 19 heavy (non-hydrogen) atoms. The van der Waals surface area contributed by atoms with E-state index in [-0.39, 0.29) is 18.0 Å². The summed E-state index contributed by atoms with van der Waals surface area (Å²) in [7, 11) is 0. The van der Waals surface area contributed by atoms with Crippen molar-refractivity contribution in [3.63, 3.8) is 0 Å². The van der Waals surface area contributed by atoms with Gasteiger partial charge in [0.2, 0.25) is 0 Å². The van der Waals surface area contributed by atoms with Crippen LogP contribution in [0.15, 0.2) is 41.7 Å². The van der Waals surface area contributed by atoms with Crippen molar-refractivity contribution in [1.82, 2.24) is 0 Å². The number of nitrogens with zero attached hydrogens (tertiary/aromatic N) is 2. The van der Waals surface area contributed by atoms with Gasteiger partial charge in [-0.3, -0.25) is 4.79 Å². The number of rotatable bonds is 3. The standard InChI is InChI=1S/C15H12N2O2/c16-8-11(9-17)14(10-4-2-1-3-5-10)12-6-7-13(18)15(12)19/h1-5,11,14,19H,6-7H2/t14-/m0/s1. The fourth-order valence-corrected chi connectivity index (χ4v) is 2.40. The summed E-state index contributed by atoms with van der Waals surface area (Å²) in [4.78, 5) is 11.4. The number of aliphatic hydroxyl groups excluding tert-OH is 1. The lowest BCUT2D eigenvalue weighted by Crippen LogP contribution is -2.13. The largest absolute Gasteiger partial charge is 0.504 e. The number of carbonyl (C=O) groups excluding carboxylic acids is 1. The Morgan fingerprint density at radius 2 is 1.74 bits per heavy atom. The first-order valence-electron chi connectivity index (χ1n) is 5.98. The quantitative estimate of drug-likeness (QED) is 0.895. The van der Waals surface area contributed by atoms with Gasteiger partial charge in [-0.15, -0.1) is 0 Å². The van der Waals surface area contributed by atoms with E-state index in [9.17, 15) is 9.90 Å². The number of nitriles is 2. The minimum atomic E-state index is -0.912. The van der Waals surface area contributed by atoms with Crippen molar-refractivity contribution in [2.75, 3.05) is 0 Å². The number of hydrogen-bond donors (Lipinski definition) is 1. The van der Waals surface area contributed by atoms with Gasteiger partial charge in [-0.25, -0.2) is 0 Å². The van der Waals surface area contributed by atoms with Crippen LogP contribution in [0, 0.1) is 28.6 Å². The monoisotopic (exact) mass is 252 g/mol. The van der Waals surface area contributed by atoms with Gasteiger partial charge in [0.1, 0.15) is 5.92 Å². The Bertz CT molecular complexity index is 591. The smallest absolute Gasteiger partial charge is 0.197 e. The van der Waals surface area contributed by atoms with Gasteiger partial charge >= 0.3 is 0 Å². The van der Waals surface area contributed by atoms with E-state index in [1.807, 2.05) is 30.3 Å². The van der Waals surface area contributed by atoms with Gasteiger partial charge in [0.25, 0.3) is 0 Å². The molecule has 0 bridgehead atoms. The Kier molecular flexibility index (Phi) is 3.63. The summed E-state index contributed by atoms with van der Waals surface area (Å²) in [5, 5.41) is 28.1. The molecule has 1 aromatic rings. The molecule has 0 heterocycles. The Morgan fingerprint density at radius 1 is 1.11 bits per heavy atom. The van der Waals surface area contributed by atoms with E-state index in [0.29, 0.717) is 12.0 Å².